The van der Waals surface area contributed by atoms with E-state index < -0.39 is 4.75 Å². The molecular weight excluding hydrogens is 190 g/mol. The average molecular weight is 203 g/mol. The molecule has 68 valence electrons. The molecule has 0 saturated carbocycles. The highest BCUT2D eigenvalue weighted by Gasteiger charge is 2.49. The lowest BCUT2D eigenvalue weighted by molar-refractivity contribution is -0.126. The van der Waals surface area contributed by atoms with Crippen LogP contribution in [0.5, 0.6) is 0 Å². The van der Waals surface area contributed by atoms with E-state index >= 15 is 0 Å². The summed E-state index contributed by atoms with van der Waals surface area (Å²) in [5.41, 5.74) is 0. The Kier molecular flexibility index (Phi) is 2.35. The van der Waals surface area contributed by atoms with Crippen LogP contribution < -0.4 is 0 Å². The van der Waals surface area contributed by atoms with Crippen molar-refractivity contribution in [3.8, 4) is 0 Å². The van der Waals surface area contributed by atoms with E-state index in [1.54, 1.807) is 0 Å². The molecule has 12 heavy (non-hydrogen) atoms. The highest BCUT2D eigenvalue weighted by atomic mass is 32.2. The Hall–Kier alpha value is -0.293. The lowest BCUT2D eigenvalue weighted by atomic mass is 9.96. The van der Waals surface area contributed by atoms with E-state index in [2.05, 4.69) is 0 Å². The number of carbonyl (C=O) groups excluding carboxylic acids is 2. The molecule has 5 heteroatoms. The van der Waals surface area contributed by atoms with Gasteiger partial charge in [-0.1, -0.05) is 13.8 Å². The number of rotatable bonds is 1. The fourth-order valence-corrected chi connectivity index (χ4v) is 3.02. The van der Waals surface area contributed by atoms with Crippen LogP contribution in [0.15, 0.2) is 0 Å². The largest absolute Gasteiger partial charge is 0.311 e. The van der Waals surface area contributed by atoms with Crippen molar-refractivity contribution in [2.24, 2.45) is 5.92 Å². The molecule has 1 aliphatic heterocycles. The van der Waals surface area contributed by atoms with Crippen LogP contribution in [-0.4, -0.2) is 30.9 Å². The maximum atomic E-state index is 11.6. The molecule has 1 unspecified atom stereocenters. The highest BCUT2D eigenvalue weighted by Crippen LogP contribution is 2.41. The number of thioether (sulfide) groups is 1. The number of hydrogen-bond donors (Lipinski definition) is 0. The zero-order chi connectivity index (χ0) is 9.52. The van der Waals surface area contributed by atoms with Crippen LogP contribution in [0.2, 0.25) is 0 Å². The van der Waals surface area contributed by atoms with Crippen molar-refractivity contribution in [2.45, 2.75) is 25.5 Å². The third-order valence-corrected chi connectivity index (χ3v) is 5.06. The van der Waals surface area contributed by atoms with Gasteiger partial charge in [-0.2, -0.15) is 0 Å². The maximum absolute atomic E-state index is 11.6. The number of nitrogens with zero attached hydrogens (tertiary/aromatic N) is 1. The molecule has 1 saturated heterocycles. The van der Waals surface area contributed by atoms with Crippen molar-refractivity contribution >= 4 is 33.3 Å². The van der Waals surface area contributed by atoms with Gasteiger partial charge >= 0.3 is 0 Å². The first kappa shape index (κ1) is 9.79. The molecule has 0 aliphatic carbocycles. The van der Waals surface area contributed by atoms with E-state index in [4.69, 9.17) is 0 Å². The summed E-state index contributed by atoms with van der Waals surface area (Å²) in [6.07, 6.45) is 0. The summed E-state index contributed by atoms with van der Waals surface area (Å²) in [5, 5.41) is -0.0807. The fraction of sp³-hybridized carbons (Fsp3) is 0.714. The third-order valence-electron chi connectivity index (χ3n) is 2.40. The minimum atomic E-state index is -0.515. The summed E-state index contributed by atoms with van der Waals surface area (Å²) in [5.74, 6) is 0.192. The molecule has 0 aromatic carbocycles. The van der Waals surface area contributed by atoms with Crippen molar-refractivity contribution < 1.29 is 9.59 Å². The Labute approximate surface area is 79.4 Å². The molecule has 1 heterocycles. The fourth-order valence-electron chi connectivity index (χ4n) is 1.07. The lowest BCUT2D eigenvalue weighted by Gasteiger charge is -2.23. The summed E-state index contributed by atoms with van der Waals surface area (Å²) in [6.45, 7) is 5.79. The van der Waals surface area contributed by atoms with Gasteiger partial charge in [-0.3, -0.25) is 9.59 Å². The number of hydrogen-bond acceptors (Lipinski definition) is 3. The first-order valence-corrected chi connectivity index (χ1v) is 5.62. The molecular formula is C7H13NO2SSi. The van der Waals surface area contributed by atoms with E-state index in [1.807, 2.05) is 20.8 Å². The van der Waals surface area contributed by atoms with Gasteiger partial charge in [0.25, 0.3) is 5.24 Å². The second-order valence-corrected chi connectivity index (χ2v) is 5.79. The number of amides is 2. The second-order valence-electron chi connectivity index (χ2n) is 3.49. The van der Waals surface area contributed by atoms with Crippen LogP contribution in [0, 0.1) is 5.92 Å². The van der Waals surface area contributed by atoms with E-state index in [-0.39, 0.29) is 17.1 Å². The molecule has 0 bridgehead atoms. The topological polar surface area (TPSA) is 37.4 Å². The Morgan fingerprint density at radius 1 is 1.50 bits per heavy atom. The molecule has 0 radical (unpaired) electrons. The van der Waals surface area contributed by atoms with Crippen molar-refractivity contribution in [2.75, 3.05) is 0 Å². The van der Waals surface area contributed by atoms with Crippen molar-refractivity contribution in [3.05, 3.63) is 0 Å². The zero-order valence-corrected chi connectivity index (χ0v) is 10.6. The van der Waals surface area contributed by atoms with E-state index in [9.17, 15) is 9.59 Å². The molecule has 2 amide bonds. The van der Waals surface area contributed by atoms with Crippen LogP contribution in [0.4, 0.5) is 4.79 Å². The average Bonchev–Trinajstić information content (AvgIpc) is 2.17. The first-order valence-electron chi connectivity index (χ1n) is 3.90. The maximum Gasteiger partial charge on any atom is 0.280 e. The summed E-state index contributed by atoms with van der Waals surface area (Å²) >= 11 is 1.16. The van der Waals surface area contributed by atoms with Crippen LogP contribution in [-0.2, 0) is 4.79 Å². The van der Waals surface area contributed by atoms with Gasteiger partial charge in [-0.15, -0.1) is 0 Å². The molecule has 0 spiro atoms. The third kappa shape index (κ3) is 1.21. The summed E-state index contributed by atoms with van der Waals surface area (Å²) in [7, 11) is 0.501. The second kappa shape index (κ2) is 2.88. The van der Waals surface area contributed by atoms with Gasteiger partial charge in [0.2, 0.25) is 5.91 Å². The number of imide groups is 1. The normalized spacial score (nSPS) is 30.8. The van der Waals surface area contributed by atoms with Gasteiger partial charge in [0.1, 0.15) is 15.2 Å². The Balaban J connectivity index is 2.97. The van der Waals surface area contributed by atoms with Gasteiger partial charge in [-0.05, 0) is 24.6 Å². The molecule has 1 rings (SSSR count). The van der Waals surface area contributed by atoms with Gasteiger partial charge in [0, 0.05) is 0 Å². The van der Waals surface area contributed by atoms with Crippen molar-refractivity contribution in [3.63, 3.8) is 0 Å². The van der Waals surface area contributed by atoms with Gasteiger partial charge in [0.15, 0.2) is 0 Å². The van der Waals surface area contributed by atoms with Crippen LogP contribution in [0.1, 0.15) is 20.8 Å². The standard InChI is InChI=1S/C7H13NO2SSi/c1-4(2)7(3)5(9)8(12)6(10)11-7/h4H,1-3,12H3. The van der Waals surface area contributed by atoms with E-state index in [0.717, 1.165) is 11.8 Å². The number of carbonyl (C=O) groups is 2. The molecule has 0 N–H and O–H groups in total. The quantitative estimate of drug-likeness (QED) is 0.578. The monoisotopic (exact) mass is 203 g/mol. The Morgan fingerprint density at radius 2 is 2.00 bits per heavy atom. The summed E-state index contributed by atoms with van der Waals surface area (Å²) in [4.78, 5) is 22.8. The molecule has 0 aromatic rings. The molecule has 0 aromatic heterocycles. The van der Waals surface area contributed by atoms with Crippen LogP contribution in [0.3, 0.4) is 0 Å². The minimum Gasteiger partial charge on any atom is -0.311 e. The van der Waals surface area contributed by atoms with Gasteiger partial charge in [0.05, 0.1) is 0 Å². The summed E-state index contributed by atoms with van der Waals surface area (Å²) < 4.78 is 0.823. The molecule has 1 aliphatic rings. The smallest absolute Gasteiger partial charge is 0.280 e. The van der Waals surface area contributed by atoms with Crippen molar-refractivity contribution in [1.82, 2.24) is 4.57 Å². The SMILES string of the molecule is CC(C)C1(C)SC(=O)N([SiH3])C1=O. The lowest BCUT2D eigenvalue weighted by Crippen LogP contribution is -2.39. The van der Waals surface area contributed by atoms with E-state index in [1.165, 1.54) is 4.57 Å². The molecule has 1 fully saturated rings. The van der Waals surface area contributed by atoms with Crippen molar-refractivity contribution in [1.29, 1.82) is 0 Å². The Bertz CT molecular complexity index is 244. The van der Waals surface area contributed by atoms with Crippen LogP contribution in [0.25, 0.3) is 0 Å². The van der Waals surface area contributed by atoms with Gasteiger partial charge in [-0.25, -0.2) is 0 Å². The predicted molar refractivity (Wildman–Crippen MR) is 53.0 cm³/mol. The molecule has 3 nitrogen and oxygen atoms in total. The summed E-state index contributed by atoms with van der Waals surface area (Å²) in [6, 6.07) is 0. The first-order chi connectivity index (χ1) is 5.39. The van der Waals surface area contributed by atoms with Crippen LogP contribution >= 0.6 is 11.8 Å². The molecule has 1 atom stereocenters. The Morgan fingerprint density at radius 3 is 2.17 bits per heavy atom. The minimum absolute atomic E-state index is 0.0147. The van der Waals surface area contributed by atoms with Gasteiger partial charge < -0.3 is 4.57 Å². The zero-order valence-electron chi connectivity index (χ0n) is 7.75. The van der Waals surface area contributed by atoms with E-state index in [0.29, 0.717) is 10.4 Å². The highest BCUT2D eigenvalue weighted by molar-refractivity contribution is 8.16. The predicted octanol–water partition coefficient (Wildman–Crippen LogP) is 0.377.